The highest BCUT2D eigenvalue weighted by Crippen LogP contribution is 2.27. The average Bonchev–Trinajstić information content (AvgIpc) is 3.49. The Balaban J connectivity index is 1.55. The number of aromatic nitrogens is 4. The van der Waals surface area contributed by atoms with Gasteiger partial charge in [0, 0.05) is 29.9 Å². The summed E-state index contributed by atoms with van der Waals surface area (Å²) in [7, 11) is 1.84. The Morgan fingerprint density at radius 2 is 2.06 bits per heavy atom. The lowest BCUT2D eigenvalue weighted by atomic mass is 10.00. The quantitative estimate of drug-likeness (QED) is 0.467. The average molecular weight is 472 g/mol. The van der Waals surface area contributed by atoms with Crippen molar-refractivity contribution in [1.29, 1.82) is 0 Å². The molecule has 0 amide bonds. The number of pyridine rings is 1. The molecule has 0 radical (unpaired) electrons. The summed E-state index contributed by atoms with van der Waals surface area (Å²) < 4.78 is 7.07. The largest absolute Gasteiger partial charge is 0.329 e. The van der Waals surface area contributed by atoms with Crippen molar-refractivity contribution in [2.45, 2.75) is 33.6 Å². The molecule has 8 heteroatoms. The van der Waals surface area contributed by atoms with Gasteiger partial charge >= 0.3 is 0 Å². The van der Waals surface area contributed by atoms with Crippen LogP contribution in [-0.2, 0) is 7.05 Å². The van der Waals surface area contributed by atoms with Crippen molar-refractivity contribution in [2.24, 2.45) is 7.05 Å². The zero-order valence-corrected chi connectivity index (χ0v) is 20.4. The van der Waals surface area contributed by atoms with Crippen LogP contribution in [0.1, 0.15) is 32.3 Å². The lowest BCUT2D eigenvalue weighted by Crippen LogP contribution is -2.42. The monoisotopic (exact) mass is 471 g/mol. The molecule has 1 aliphatic rings. The first kappa shape index (κ1) is 22.0. The summed E-state index contributed by atoms with van der Waals surface area (Å²) in [6, 6.07) is 7.90. The molecule has 0 bridgehead atoms. The molecule has 0 spiro atoms. The van der Waals surface area contributed by atoms with Gasteiger partial charge in [-0.3, -0.25) is 4.79 Å². The molecular weight excluding hydrogens is 446 g/mol. The van der Waals surface area contributed by atoms with E-state index >= 15 is 0 Å². The van der Waals surface area contributed by atoms with Crippen LogP contribution in [0.25, 0.3) is 34.2 Å². The lowest BCUT2D eigenvalue weighted by molar-refractivity contribution is 0.432. The van der Waals surface area contributed by atoms with Gasteiger partial charge in [0.15, 0.2) is 5.01 Å². The fraction of sp³-hybridized carbons (Fsp3) is 0.231. The predicted molar refractivity (Wildman–Crippen MR) is 136 cm³/mol. The highest BCUT2D eigenvalue weighted by atomic mass is 32.1. The van der Waals surface area contributed by atoms with E-state index in [0.29, 0.717) is 22.4 Å². The van der Waals surface area contributed by atoms with E-state index in [1.54, 1.807) is 10.8 Å². The van der Waals surface area contributed by atoms with Gasteiger partial charge in [-0.25, -0.2) is 4.98 Å². The summed E-state index contributed by atoms with van der Waals surface area (Å²) in [5.74, 6) is 0.706. The molecule has 1 aromatic carbocycles. The number of allylic oxidation sites excluding steroid dienone is 2. The maximum atomic E-state index is 13.4. The van der Waals surface area contributed by atoms with Crippen molar-refractivity contribution >= 4 is 35.1 Å². The number of hydrogen-bond acceptors (Lipinski definition) is 7. The van der Waals surface area contributed by atoms with Crippen molar-refractivity contribution in [3.8, 4) is 22.0 Å². The molecule has 3 aromatic heterocycles. The van der Waals surface area contributed by atoms with Gasteiger partial charge in [-0.2, -0.15) is 4.98 Å². The number of hydrogen-bond donors (Lipinski definition) is 1. The van der Waals surface area contributed by atoms with Gasteiger partial charge in [0.2, 0.25) is 0 Å². The predicted octanol–water partition coefficient (Wildman–Crippen LogP) is 4.30. The second kappa shape index (κ2) is 8.87. The van der Waals surface area contributed by atoms with Crippen LogP contribution in [0.4, 0.5) is 11.6 Å². The van der Waals surface area contributed by atoms with Crippen LogP contribution in [0.15, 0.2) is 56.3 Å². The van der Waals surface area contributed by atoms with Crippen LogP contribution in [0.2, 0.25) is 0 Å². The van der Waals surface area contributed by atoms with Crippen molar-refractivity contribution in [3.63, 3.8) is 0 Å². The molecule has 0 atom stereocenters. The van der Waals surface area contributed by atoms with Gasteiger partial charge in [-0.15, -0.1) is 11.3 Å². The first-order chi connectivity index (χ1) is 16.4. The summed E-state index contributed by atoms with van der Waals surface area (Å²) in [4.78, 5) is 22.0. The Labute approximate surface area is 200 Å². The Hall–Kier alpha value is -3.78. The van der Waals surface area contributed by atoms with Gasteiger partial charge in [-0.1, -0.05) is 24.6 Å². The highest BCUT2D eigenvalue weighted by Gasteiger charge is 2.14. The van der Waals surface area contributed by atoms with E-state index in [2.05, 4.69) is 46.4 Å². The summed E-state index contributed by atoms with van der Waals surface area (Å²) >= 11 is 1.43. The number of thiazole rings is 1. The van der Waals surface area contributed by atoms with E-state index in [0.717, 1.165) is 40.2 Å². The van der Waals surface area contributed by atoms with Crippen LogP contribution >= 0.6 is 11.3 Å². The molecule has 172 valence electrons. The Bertz CT molecular complexity index is 1590. The molecule has 1 aliphatic carbocycles. The Kier molecular flexibility index (Phi) is 5.75. The van der Waals surface area contributed by atoms with Crippen LogP contribution in [-0.4, -0.2) is 19.7 Å². The van der Waals surface area contributed by atoms with Crippen molar-refractivity contribution in [3.05, 3.63) is 73.5 Å². The Morgan fingerprint density at radius 1 is 1.21 bits per heavy atom. The maximum Gasteiger partial charge on any atom is 0.288 e. The topological polar surface area (TPSA) is 85.8 Å². The summed E-state index contributed by atoms with van der Waals surface area (Å²) in [5, 5.41) is 11.7. The zero-order valence-electron chi connectivity index (χ0n) is 19.5. The number of aryl methyl sites for hydroxylation is 1. The van der Waals surface area contributed by atoms with Crippen LogP contribution in [0, 0.1) is 6.92 Å². The van der Waals surface area contributed by atoms with Crippen LogP contribution in [0.5, 0.6) is 0 Å². The minimum Gasteiger partial charge on any atom is -0.329 e. The van der Waals surface area contributed by atoms with E-state index in [1.807, 2.05) is 43.6 Å². The summed E-state index contributed by atoms with van der Waals surface area (Å²) in [6.45, 7) is 6.31. The Morgan fingerprint density at radius 3 is 2.82 bits per heavy atom. The fourth-order valence-corrected chi connectivity index (χ4v) is 4.80. The molecule has 0 saturated carbocycles. The molecular formula is C26H25N5O2S. The lowest BCUT2D eigenvalue weighted by Gasteiger charge is -2.11. The maximum absolute atomic E-state index is 13.4. The molecule has 3 heterocycles. The number of nitrogens with one attached hydrogen (secondary N) is 1. The molecule has 0 fully saturated rings. The summed E-state index contributed by atoms with van der Waals surface area (Å²) in [6.07, 6.45) is 7.94. The third-order valence-corrected chi connectivity index (χ3v) is 6.98. The smallest absolute Gasteiger partial charge is 0.288 e. The first-order valence-corrected chi connectivity index (χ1v) is 12.0. The second-order valence-corrected chi connectivity index (χ2v) is 9.27. The van der Waals surface area contributed by atoms with Crippen molar-refractivity contribution in [2.75, 3.05) is 5.32 Å². The normalized spacial score (nSPS) is 13.2. The van der Waals surface area contributed by atoms with E-state index in [1.165, 1.54) is 22.5 Å². The first-order valence-electron chi connectivity index (χ1n) is 11.2. The molecule has 5 rings (SSSR count). The minimum absolute atomic E-state index is 0.0259. The van der Waals surface area contributed by atoms with Gasteiger partial charge in [-0.05, 0) is 78.0 Å². The molecule has 0 unspecified atom stereocenters. The molecule has 7 nitrogen and oxygen atoms in total. The number of rotatable bonds is 5. The summed E-state index contributed by atoms with van der Waals surface area (Å²) in [5.41, 5.74) is 5.92. The van der Waals surface area contributed by atoms with Gasteiger partial charge in [0.05, 0.1) is 5.35 Å². The number of anilines is 2. The van der Waals surface area contributed by atoms with Gasteiger partial charge < -0.3 is 14.4 Å². The van der Waals surface area contributed by atoms with E-state index in [-0.39, 0.29) is 5.56 Å². The standard InChI is InChI=1S/C26H25N5O2S/c1-5-17-7-8-18-13-21(25(32)31(4)22(18)12-16(17)3)20-14-19(9-6-15(20)2)28-26-29-23(33-30-26)24-27-10-11-34-24/h6,8-14H,5,7H2,1-4H3,(H,28,30). The van der Waals surface area contributed by atoms with Crippen molar-refractivity contribution in [1.82, 2.24) is 19.7 Å². The fourth-order valence-electron chi connectivity index (χ4n) is 4.25. The van der Waals surface area contributed by atoms with Gasteiger partial charge in [0.25, 0.3) is 17.4 Å². The molecule has 0 aliphatic heterocycles. The molecule has 0 saturated heterocycles. The van der Waals surface area contributed by atoms with Crippen LogP contribution in [0.3, 0.4) is 0 Å². The van der Waals surface area contributed by atoms with E-state index in [9.17, 15) is 4.79 Å². The van der Waals surface area contributed by atoms with E-state index in [4.69, 9.17) is 4.52 Å². The minimum atomic E-state index is -0.0259. The third-order valence-electron chi connectivity index (χ3n) is 6.22. The number of benzene rings is 1. The third kappa shape index (κ3) is 4.01. The molecule has 1 N–H and O–H groups in total. The van der Waals surface area contributed by atoms with Crippen molar-refractivity contribution < 1.29 is 4.52 Å². The molecule has 4 aromatic rings. The molecule has 34 heavy (non-hydrogen) atoms. The number of nitrogens with zero attached hydrogens (tertiary/aromatic N) is 4. The highest BCUT2D eigenvalue weighted by molar-refractivity contribution is 7.12. The zero-order chi connectivity index (χ0) is 23.8. The SMILES string of the molecule is CCC1=C(C)C=c2c(cc(-c3cc(Nc4noc(-c5nccs5)n4)ccc3C)c(=O)n2C)=CC1. The second-order valence-electron chi connectivity index (χ2n) is 8.37. The van der Waals surface area contributed by atoms with E-state index < -0.39 is 0 Å². The van der Waals surface area contributed by atoms with Crippen LogP contribution < -0.4 is 21.4 Å². The van der Waals surface area contributed by atoms with Gasteiger partial charge in [0.1, 0.15) is 0 Å². The number of fused-ring (bicyclic) bond motifs is 1.